The van der Waals surface area contributed by atoms with Crippen LogP contribution in [0.2, 0.25) is 0 Å². The van der Waals surface area contributed by atoms with Gasteiger partial charge < -0.3 is 19.7 Å². The predicted molar refractivity (Wildman–Crippen MR) is 121 cm³/mol. The third-order valence-electron chi connectivity index (χ3n) is 6.28. The zero-order valence-electron chi connectivity index (χ0n) is 18.3. The zero-order valence-corrected chi connectivity index (χ0v) is 18.3. The molecule has 2 aliphatic heterocycles. The topological polar surface area (TPSA) is 94.2 Å². The molecule has 2 N–H and O–H groups in total. The number of nitrogens with zero attached hydrogens (tertiary/aromatic N) is 4. The third-order valence-corrected chi connectivity index (χ3v) is 6.28. The van der Waals surface area contributed by atoms with Crippen molar-refractivity contribution in [2.75, 3.05) is 6.61 Å². The van der Waals surface area contributed by atoms with Crippen molar-refractivity contribution in [3.05, 3.63) is 76.9 Å². The number of benzene rings is 2. The van der Waals surface area contributed by atoms with Gasteiger partial charge >= 0.3 is 6.61 Å². The van der Waals surface area contributed by atoms with E-state index in [1.54, 1.807) is 29.2 Å². The molecule has 4 heterocycles. The summed E-state index contributed by atoms with van der Waals surface area (Å²) < 4.78 is 34.7. The van der Waals surface area contributed by atoms with E-state index in [4.69, 9.17) is 14.8 Å². The molecule has 10 heteroatoms. The number of aliphatic hydroxyl groups excluding tert-OH is 1. The first-order valence-electron chi connectivity index (χ1n) is 11.1. The predicted octanol–water partition coefficient (Wildman–Crippen LogP) is 3.00. The molecule has 2 aliphatic rings. The van der Waals surface area contributed by atoms with E-state index in [0.29, 0.717) is 29.9 Å². The average molecular weight is 475 g/mol. The maximum absolute atomic E-state index is 13.2. The molecule has 0 spiro atoms. The van der Waals surface area contributed by atoms with Crippen LogP contribution >= 0.6 is 0 Å². The fraction of sp³-hybridized carbons (Fsp3) is 0.240. The monoisotopic (exact) mass is 475 g/mol. The highest BCUT2D eigenvalue weighted by Crippen LogP contribution is 2.47. The van der Waals surface area contributed by atoms with Gasteiger partial charge in [0, 0.05) is 22.9 Å². The summed E-state index contributed by atoms with van der Waals surface area (Å²) in [4.78, 5) is 17.6. The molecule has 0 saturated carbocycles. The Bertz CT molecular complexity index is 1530. The second-order valence-corrected chi connectivity index (χ2v) is 8.38. The van der Waals surface area contributed by atoms with Crippen molar-refractivity contribution in [3.8, 4) is 17.6 Å². The van der Waals surface area contributed by atoms with E-state index in [1.165, 1.54) is 6.07 Å². The molecule has 2 aromatic heterocycles. The number of carbonyl (C=O) groups excluding carboxylic acids is 1. The van der Waals surface area contributed by atoms with Crippen molar-refractivity contribution in [2.24, 2.45) is 0 Å². The van der Waals surface area contributed by atoms with E-state index in [-0.39, 0.29) is 24.3 Å². The highest BCUT2D eigenvalue weighted by Gasteiger charge is 2.42. The number of alkyl halides is 2. The van der Waals surface area contributed by atoms with Crippen LogP contribution < -0.4 is 10.1 Å². The lowest BCUT2D eigenvalue weighted by atomic mass is 9.97. The van der Waals surface area contributed by atoms with Crippen LogP contribution in [0.5, 0.6) is 5.75 Å². The molecule has 2 bridgehead atoms. The summed E-state index contributed by atoms with van der Waals surface area (Å²) in [5, 5.41) is 16.2. The van der Waals surface area contributed by atoms with Gasteiger partial charge in [0.05, 0.1) is 48.0 Å². The first-order valence-corrected chi connectivity index (χ1v) is 11.1. The Kier molecular flexibility index (Phi) is 5.00. The SMILES string of the molecule is O=C1N[C@@H]2C[C@H](c3c(OC(F)F)cccc31)n1c2nc2ccc(C#Cc3cnn(CCO)c3)cc21. The van der Waals surface area contributed by atoms with Crippen LogP contribution in [0.15, 0.2) is 48.8 Å². The summed E-state index contributed by atoms with van der Waals surface area (Å²) in [6, 6.07) is 9.50. The molecule has 35 heavy (non-hydrogen) atoms. The molecule has 2 atom stereocenters. The van der Waals surface area contributed by atoms with E-state index in [1.807, 2.05) is 22.8 Å². The molecular weight excluding hydrogens is 456 g/mol. The van der Waals surface area contributed by atoms with Gasteiger partial charge in [0.25, 0.3) is 5.91 Å². The van der Waals surface area contributed by atoms with Gasteiger partial charge in [0.2, 0.25) is 0 Å². The Morgan fingerprint density at radius 1 is 1.23 bits per heavy atom. The van der Waals surface area contributed by atoms with Crippen molar-refractivity contribution in [1.82, 2.24) is 24.6 Å². The van der Waals surface area contributed by atoms with Gasteiger partial charge in [-0.25, -0.2) is 4.98 Å². The zero-order chi connectivity index (χ0) is 24.1. The highest BCUT2D eigenvalue weighted by atomic mass is 19.3. The molecule has 176 valence electrons. The van der Waals surface area contributed by atoms with Crippen LogP contribution in [0, 0.1) is 11.8 Å². The second-order valence-electron chi connectivity index (χ2n) is 8.38. The number of fused-ring (bicyclic) bond motifs is 9. The summed E-state index contributed by atoms with van der Waals surface area (Å²) in [6.45, 7) is -2.62. The molecule has 0 saturated heterocycles. The van der Waals surface area contributed by atoms with Gasteiger partial charge in [0.15, 0.2) is 0 Å². The minimum absolute atomic E-state index is 0.00660. The summed E-state index contributed by atoms with van der Waals surface area (Å²) in [5.41, 5.74) is 3.73. The average Bonchev–Trinajstić information content (AvgIpc) is 3.50. The fourth-order valence-electron chi connectivity index (χ4n) is 4.88. The van der Waals surface area contributed by atoms with E-state index < -0.39 is 12.7 Å². The van der Waals surface area contributed by atoms with Crippen LogP contribution in [-0.2, 0) is 6.54 Å². The Labute approximate surface area is 198 Å². The van der Waals surface area contributed by atoms with Crippen LogP contribution in [0.25, 0.3) is 11.0 Å². The smallest absolute Gasteiger partial charge is 0.387 e. The van der Waals surface area contributed by atoms with Crippen molar-refractivity contribution in [2.45, 2.75) is 31.7 Å². The van der Waals surface area contributed by atoms with Crippen molar-refractivity contribution < 1.29 is 23.4 Å². The van der Waals surface area contributed by atoms with Gasteiger partial charge in [-0.05, 0) is 36.8 Å². The Hall–Kier alpha value is -4.23. The van der Waals surface area contributed by atoms with Crippen molar-refractivity contribution in [1.29, 1.82) is 0 Å². The summed E-state index contributed by atoms with van der Waals surface area (Å²) in [5.74, 6) is 6.52. The number of imidazole rings is 1. The normalized spacial score (nSPS) is 18.0. The molecule has 6 rings (SSSR count). The van der Waals surface area contributed by atoms with Gasteiger partial charge in [-0.3, -0.25) is 9.48 Å². The molecule has 0 fully saturated rings. The number of rotatable bonds is 4. The third kappa shape index (κ3) is 3.61. The van der Waals surface area contributed by atoms with Crippen molar-refractivity contribution in [3.63, 3.8) is 0 Å². The Morgan fingerprint density at radius 3 is 2.91 bits per heavy atom. The van der Waals surface area contributed by atoms with Gasteiger partial charge in [-0.1, -0.05) is 17.9 Å². The highest BCUT2D eigenvalue weighted by molar-refractivity contribution is 5.98. The number of hydrogen-bond donors (Lipinski definition) is 2. The van der Waals surface area contributed by atoms with Gasteiger partial charge in [0.1, 0.15) is 11.6 Å². The molecule has 0 radical (unpaired) electrons. The van der Waals surface area contributed by atoms with E-state index >= 15 is 0 Å². The number of amides is 1. The number of aliphatic hydroxyl groups is 1. The van der Waals surface area contributed by atoms with Crippen LogP contribution in [-0.4, -0.2) is 43.6 Å². The fourth-order valence-corrected chi connectivity index (χ4v) is 4.88. The van der Waals surface area contributed by atoms with E-state index in [0.717, 1.165) is 22.2 Å². The minimum atomic E-state index is -3.01. The molecule has 8 nitrogen and oxygen atoms in total. The largest absolute Gasteiger partial charge is 0.434 e. The first kappa shape index (κ1) is 21.3. The quantitative estimate of drug-likeness (QED) is 0.443. The molecule has 0 aliphatic carbocycles. The summed E-state index contributed by atoms with van der Waals surface area (Å²) in [7, 11) is 0. The molecule has 2 aromatic carbocycles. The maximum Gasteiger partial charge on any atom is 0.387 e. The summed E-state index contributed by atoms with van der Waals surface area (Å²) in [6.07, 6.45) is 3.88. The molecular formula is C25H19F2N5O3. The van der Waals surface area contributed by atoms with Crippen LogP contribution in [0.1, 0.15) is 51.4 Å². The molecule has 1 amide bonds. The van der Waals surface area contributed by atoms with Gasteiger partial charge in [-0.2, -0.15) is 13.9 Å². The minimum Gasteiger partial charge on any atom is -0.434 e. The Balaban J connectivity index is 1.45. The van der Waals surface area contributed by atoms with Crippen LogP contribution in [0.4, 0.5) is 8.78 Å². The van der Waals surface area contributed by atoms with Crippen LogP contribution in [0.3, 0.4) is 0 Å². The number of nitrogens with one attached hydrogen (secondary N) is 1. The number of ether oxygens (including phenoxy) is 1. The lowest BCUT2D eigenvalue weighted by Crippen LogP contribution is -2.28. The van der Waals surface area contributed by atoms with E-state index in [2.05, 4.69) is 22.3 Å². The van der Waals surface area contributed by atoms with E-state index in [9.17, 15) is 13.6 Å². The molecule has 4 aromatic rings. The van der Waals surface area contributed by atoms with Gasteiger partial charge in [-0.15, -0.1) is 0 Å². The maximum atomic E-state index is 13.2. The van der Waals surface area contributed by atoms with Crippen molar-refractivity contribution >= 4 is 16.9 Å². The lowest BCUT2D eigenvalue weighted by Gasteiger charge is -2.21. The first-order chi connectivity index (χ1) is 17.0. The number of halogens is 2. The lowest BCUT2D eigenvalue weighted by molar-refractivity contribution is -0.0507. The number of aromatic nitrogens is 4. The standard InChI is InChI=1S/C25H19F2N5O3/c26-25(27)35-21-3-1-2-16-22(21)20-11-18(30-24(16)34)23-29-17-7-6-14(10-19(17)32(20)23)4-5-15-12-28-31(13-15)8-9-33/h1-3,6-7,10,12-13,18,20,25,33H,8-9,11H2,(H,30,34)/t18-,20-/m1/s1. The Morgan fingerprint density at radius 2 is 2.09 bits per heavy atom. The second kappa shape index (κ2) is 8.21. The number of hydrogen-bond acceptors (Lipinski definition) is 5. The summed E-state index contributed by atoms with van der Waals surface area (Å²) >= 11 is 0. The molecule has 0 unspecified atom stereocenters. The number of carbonyl (C=O) groups is 1.